The Hall–Kier alpha value is -1.25. The molecule has 2 aliphatic heterocycles. The van der Waals surface area contributed by atoms with Gasteiger partial charge in [-0.3, -0.25) is 4.90 Å². The number of likely N-dealkylation sites (tertiary alicyclic amines) is 1. The Morgan fingerprint density at radius 3 is 2.61 bits per heavy atom. The lowest BCUT2D eigenvalue weighted by Crippen LogP contribution is -2.34. The average Bonchev–Trinajstić information content (AvgIpc) is 2.93. The van der Waals surface area contributed by atoms with Gasteiger partial charge in [-0.05, 0) is 26.3 Å². The van der Waals surface area contributed by atoms with E-state index in [0.717, 1.165) is 19.6 Å². The minimum atomic E-state index is -1.48. The van der Waals surface area contributed by atoms with Gasteiger partial charge in [-0.25, -0.2) is 4.79 Å². The molecule has 1 aromatic rings. The standard InChI is InChI=1S/C18H25NO3P/c1-18(2,3)22-17(20)16-15-11-19(10-14(15)12-23(16)21)9-13-7-5-4-6-8-13/h4-8,14-16H,9-12H2,1-3H3/q+1/t14-,15-,16+/m0/s1. The normalized spacial score (nSPS) is 29.5. The molecule has 0 bridgehead atoms. The molecule has 1 aromatic carbocycles. The highest BCUT2D eigenvalue weighted by atomic mass is 31.1. The number of esters is 1. The maximum Gasteiger partial charge on any atom is 0.359 e. The monoisotopic (exact) mass is 334 g/mol. The SMILES string of the molecule is CC(C)(C)OC(=O)[C@H]1[C@H]2CN(Cc3ccccc3)C[C@H]2C[P+]1=O. The minimum absolute atomic E-state index is 0.178. The first-order chi connectivity index (χ1) is 10.8. The van der Waals surface area contributed by atoms with Crippen molar-refractivity contribution in [3.05, 3.63) is 35.9 Å². The average molecular weight is 334 g/mol. The summed E-state index contributed by atoms with van der Waals surface area (Å²) in [7, 11) is -1.48. The van der Waals surface area contributed by atoms with Gasteiger partial charge in [0.1, 0.15) is 5.60 Å². The Balaban J connectivity index is 1.66. The van der Waals surface area contributed by atoms with Crippen molar-refractivity contribution in [1.82, 2.24) is 4.90 Å². The molecule has 1 unspecified atom stereocenters. The molecule has 2 fully saturated rings. The third kappa shape index (κ3) is 3.81. The highest BCUT2D eigenvalue weighted by molar-refractivity contribution is 7.47. The predicted octanol–water partition coefficient (Wildman–Crippen LogP) is 3.29. The first kappa shape index (κ1) is 16.6. The maximum absolute atomic E-state index is 12.5. The van der Waals surface area contributed by atoms with Crippen LogP contribution in [0, 0.1) is 11.8 Å². The van der Waals surface area contributed by atoms with E-state index in [1.807, 2.05) is 39.0 Å². The fourth-order valence-electron chi connectivity index (χ4n) is 3.72. The third-order valence-corrected chi connectivity index (χ3v) is 6.64. The van der Waals surface area contributed by atoms with Crippen LogP contribution in [0.1, 0.15) is 26.3 Å². The summed E-state index contributed by atoms with van der Waals surface area (Å²) in [5.74, 6) is 0.268. The number of fused-ring (bicyclic) bond motifs is 1. The first-order valence-electron chi connectivity index (χ1n) is 8.26. The lowest BCUT2D eigenvalue weighted by molar-refractivity contribution is -0.155. The number of carbonyl (C=O) groups excluding carboxylic acids is 1. The summed E-state index contributed by atoms with van der Waals surface area (Å²) in [6.07, 6.45) is 0.662. The minimum Gasteiger partial charge on any atom is -0.457 e. The fraction of sp³-hybridized carbons (Fsp3) is 0.611. The van der Waals surface area contributed by atoms with E-state index in [2.05, 4.69) is 17.0 Å². The second-order valence-corrected chi connectivity index (χ2v) is 9.44. The third-order valence-electron chi connectivity index (χ3n) is 4.59. The molecule has 0 aromatic heterocycles. The number of benzene rings is 1. The van der Waals surface area contributed by atoms with Crippen molar-refractivity contribution >= 4 is 13.8 Å². The van der Waals surface area contributed by atoms with E-state index < -0.39 is 19.1 Å². The van der Waals surface area contributed by atoms with Crippen LogP contribution in [0.25, 0.3) is 0 Å². The molecular weight excluding hydrogens is 309 g/mol. The number of hydrogen-bond acceptors (Lipinski definition) is 4. The Morgan fingerprint density at radius 1 is 1.26 bits per heavy atom. The quantitative estimate of drug-likeness (QED) is 0.629. The van der Waals surface area contributed by atoms with Crippen molar-refractivity contribution in [3.8, 4) is 0 Å². The molecule has 4 atom stereocenters. The maximum atomic E-state index is 12.5. The number of ether oxygens (including phenoxy) is 1. The molecule has 124 valence electrons. The van der Waals surface area contributed by atoms with Crippen LogP contribution in [0.5, 0.6) is 0 Å². The van der Waals surface area contributed by atoms with Gasteiger partial charge in [-0.15, -0.1) is 0 Å². The van der Waals surface area contributed by atoms with Gasteiger partial charge in [0.25, 0.3) is 5.66 Å². The van der Waals surface area contributed by atoms with Gasteiger partial charge in [-0.2, -0.15) is 0 Å². The van der Waals surface area contributed by atoms with Crippen molar-refractivity contribution in [2.45, 2.75) is 38.6 Å². The summed E-state index contributed by atoms with van der Waals surface area (Å²) in [5.41, 5.74) is 0.342. The van der Waals surface area contributed by atoms with E-state index in [-0.39, 0.29) is 11.9 Å². The summed E-state index contributed by atoms with van der Waals surface area (Å²) in [5, 5.41) is 0. The smallest absolute Gasteiger partial charge is 0.359 e. The predicted molar refractivity (Wildman–Crippen MR) is 90.8 cm³/mol. The Labute approximate surface area is 139 Å². The van der Waals surface area contributed by atoms with Gasteiger partial charge in [-0.1, -0.05) is 34.9 Å². The summed E-state index contributed by atoms with van der Waals surface area (Å²) in [4.78, 5) is 14.8. The fourth-order valence-corrected chi connectivity index (χ4v) is 5.85. The lowest BCUT2D eigenvalue weighted by Gasteiger charge is -2.21. The lowest BCUT2D eigenvalue weighted by atomic mass is 9.95. The van der Waals surface area contributed by atoms with Gasteiger partial charge in [0.2, 0.25) is 0 Å². The van der Waals surface area contributed by atoms with Crippen LogP contribution in [0.4, 0.5) is 0 Å². The number of hydrogen-bond donors (Lipinski definition) is 0. The molecule has 0 saturated carbocycles. The molecule has 0 aliphatic carbocycles. The van der Waals surface area contributed by atoms with Gasteiger partial charge in [0.15, 0.2) is 6.16 Å². The Kier molecular flexibility index (Phi) is 4.57. The second kappa shape index (κ2) is 6.33. The van der Waals surface area contributed by atoms with E-state index in [0.29, 0.717) is 12.1 Å². The van der Waals surface area contributed by atoms with Crippen molar-refractivity contribution in [2.75, 3.05) is 19.3 Å². The van der Waals surface area contributed by atoms with Crippen LogP contribution in [0.15, 0.2) is 30.3 Å². The molecule has 3 rings (SSSR count). The zero-order chi connectivity index (χ0) is 16.6. The molecule has 0 N–H and O–H groups in total. The molecular formula is C18H25NO3P+. The highest BCUT2D eigenvalue weighted by Crippen LogP contribution is 2.51. The van der Waals surface area contributed by atoms with Crippen molar-refractivity contribution in [2.24, 2.45) is 11.8 Å². The van der Waals surface area contributed by atoms with Gasteiger partial charge in [0, 0.05) is 31.5 Å². The summed E-state index contributed by atoms with van der Waals surface area (Å²) < 4.78 is 17.9. The van der Waals surface area contributed by atoms with Gasteiger partial charge >= 0.3 is 13.8 Å². The second-order valence-electron chi connectivity index (χ2n) is 7.68. The largest absolute Gasteiger partial charge is 0.457 e. The van der Waals surface area contributed by atoms with Crippen LogP contribution >= 0.6 is 7.80 Å². The van der Waals surface area contributed by atoms with Gasteiger partial charge in [0.05, 0.1) is 0 Å². The van der Waals surface area contributed by atoms with E-state index >= 15 is 0 Å². The van der Waals surface area contributed by atoms with Crippen LogP contribution in [0.2, 0.25) is 0 Å². The van der Waals surface area contributed by atoms with Crippen molar-refractivity contribution < 1.29 is 14.1 Å². The van der Waals surface area contributed by atoms with E-state index in [1.165, 1.54) is 5.56 Å². The zero-order valence-corrected chi connectivity index (χ0v) is 15.0. The van der Waals surface area contributed by atoms with E-state index in [4.69, 9.17) is 4.74 Å². The van der Waals surface area contributed by atoms with Crippen molar-refractivity contribution in [3.63, 3.8) is 0 Å². The molecule has 23 heavy (non-hydrogen) atoms. The first-order valence-corrected chi connectivity index (χ1v) is 9.78. The highest BCUT2D eigenvalue weighted by Gasteiger charge is 2.59. The molecule has 4 nitrogen and oxygen atoms in total. The van der Waals surface area contributed by atoms with E-state index in [9.17, 15) is 9.36 Å². The Bertz CT molecular complexity index is 596. The molecule has 2 aliphatic rings. The molecule has 0 spiro atoms. The molecule has 0 amide bonds. The van der Waals surface area contributed by atoms with Gasteiger partial charge < -0.3 is 4.74 Å². The molecule has 2 heterocycles. The topological polar surface area (TPSA) is 46.6 Å². The van der Waals surface area contributed by atoms with E-state index in [1.54, 1.807) is 0 Å². The summed E-state index contributed by atoms with van der Waals surface area (Å²) in [6.45, 7) is 8.25. The number of carbonyl (C=O) groups is 1. The van der Waals surface area contributed by atoms with Crippen molar-refractivity contribution in [1.29, 1.82) is 0 Å². The molecule has 5 heteroatoms. The van der Waals surface area contributed by atoms with Crippen LogP contribution in [-0.2, 0) is 20.6 Å². The number of nitrogens with zero attached hydrogens (tertiary/aromatic N) is 1. The summed E-state index contributed by atoms with van der Waals surface area (Å²) in [6, 6.07) is 10.4. The number of rotatable bonds is 3. The van der Waals surface area contributed by atoms with Crippen LogP contribution in [-0.4, -0.2) is 41.4 Å². The molecule has 0 radical (unpaired) electrons. The van der Waals surface area contributed by atoms with Crippen LogP contribution < -0.4 is 0 Å². The van der Waals surface area contributed by atoms with Crippen LogP contribution in [0.3, 0.4) is 0 Å². The summed E-state index contributed by atoms with van der Waals surface area (Å²) >= 11 is 0. The zero-order valence-electron chi connectivity index (χ0n) is 14.1. The Morgan fingerprint density at radius 2 is 1.96 bits per heavy atom. The molecule has 2 saturated heterocycles.